The van der Waals surface area contributed by atoms with Crippen LogP contribution in [0.25, 0.3) is 0 Å². The lowest BCUT2D eigenvalue weighted by atomic mass is 10.3. The summed E-state index contributed by atoms with van der Waals surface area (Å²) in [6, 6.07) is 5.11. The molecule has 4 nitrogen and oxygen atoms in total. The number of nitrogen functional groups attached to an aromatic ring is 1. The van der Waals surface area contributed by atoms with Gasteiger partial charge in [0.05, 0.1) is 12.2 Å². The van der Waals surface area contributed by atoms with Gasteiger partial charge in [0.25, 0.3) is 0 Å². The number of nitrogens with one attached hydrogen (secondary N) is 1. The van der Waals surface area contributed by atoms with Gasteiger partial charge in [0.1, 0.15) is 4.90 Å². The van der Waals surface area contributed by atoms with Crippen LogP contribution in [0.2, 0.25) is 0 Å². The molecule has 0 unspecified atom stereocenters. The average Bonchev–Trinajstić information content (AvgIpc) is 2.27. The Balaban J connectivity index is 2.88. The van der Waals surface area contributed by atoms with E-state index in [4.69, 9.17) is 5.73 Å². The zero-order valence-electron chi connectivity index (χ0n) is 8.91. The molecule has 0 fully saturated rings. The van der Waals surface area contributed by atoms with Crippen LogP contribution >= 0.6 is 0 Å². The van der Waals surface area contributed by atoms with Crippen LogP contribution in [0, 0.1) is 0 Å². The molecule has 102 valence electrons. The molecule has 0 aliphatic heterocycles. The molecule has 9 heteroatoms. The van der Waals surface area contributed by atoms with Crippen molar-refractivity contribution in [1.82, 2.24) is 4.72 Å². The Labute approximate surface area is 101 Å². The van der Waals surface area contributed by atoms with E-state index in [1.807, 2.05) is 0 Å². The number of halogens is 4. The van der Waals surface area contributed by atoms with Crippen LogP contribution in [-0.2, 0) is 10.0 Å². The molecule has 0 heterocycles. The normalized spacial score (nSPS) is 12.9. The zero-order chi connectivity index (χ0) is 14.0. The first-order chi connectivity index (χ1) is 8.17. The molecule has 1 rings (SSSR count). The van der Waals surface area contributed by atoms with E-state index in [1.165, 1.54) is 22.9 Å². The Kier molecular flexibility index (Phi) is 4.17. The fraction of sp³-hybridized carbons (Fsp3) is 0.333. The van der Waals surface area contributed by atoms with Gasteiger partial charge in [0, 0.05) is 0 Å². The second-order valence-corrected chi connectivity index (χ2v) is 5.16. The van der Waals surface area contributed by atoms with E-state index in [9.17, 15) is 26.0 Å². The Bertz CT molecular complexity index is 519. The van der Waals surface area contributed by atoms with Crippen LogP contribution in [0.4, 0.5) is 23.2 Å². The number of para-hydroxylation sites is 1. The minimum atomic E-state index is -4.43. The molecule has 3 N–H and O–H groups in total. The van der Waals surface area contributed by atoms with Gasteiger partial charge in [0.2, 0.25) is 10.0 Å². The number of benzene rings is 1. The lowest BCUT2D eigenvalue weighted by Crippen LogP contribution is -2.41. The number of hydrogen-bond donors (Lipinski definition) is 2. The van der Waals surface area contributed by atoms with E-state index in [0.29, 0.717) is 0 Å². The van der Waals surface area contributed by atoms with Gasteiger partial charge in [-0.2, -0.15) is 8.78 Å². The minimum absolute atomic E-state index is 0.162. The van der Waals surface area contributed by atoms with Gasteiger partial charge in [-0.05, 0) is 12.1 Å². The molecule has 0 radical (unpaired) electrons. The zero-order valence-corrected chi connectivity index (χ0v) is 9.72. The maximum atomic E-state index is 12.6. The molecular formula is C9H10F4N2O2S. The summed E-state index contributed by atoms with van der Waals surface area (Å²) >= 11 is 0. The summed E-state index contributed by atoms with van der Waals surface area (Å²) in [5, 5.41) is 0. The maximum Gasteiger partial charge on any atom is 0.320 e. The van der Waals surface area contributed by atoms with Crippen molar-refractivity contribution in [2.24, 2.45) is 0 Å². The van der Waals surface area contributed by atoms with Crippen LogP contribution in [0.3, 0.4) is 0 Å². The highest BCUT2D eigenvalue weighted by atomic mass is 32.2. The Morgan fingerprint density at radius 2 is 1.83 bits per heavy atom. The Hall–Kier alpha value is -1.35. The molecule has 0 atom stereocenters. The van der Waals surface area contributed by atoms with Gasteiger partial charge < -0.3 is 5.73 Å². The third-order valence-electron chi connectivity index (χ3n) is 2.03. The highest BCUT2D eigenvalue weighted by Crippen LogP contribution is 2.23. The summed E-state index contributed by atoms with van der Waals surface area (Å²) in [5.74, 6) is -4.43. The largest absolute Gasteiger partial charge is 0.398 e. The third-order valence-corrected chi connectivity index (χ3v) is 3.50. The van der Waals surface area contributed by atoms with Crippen LogP contribution in [-0.4, -0.2) is 27.3 Å². The van der Waals surface area contributed by atoms with Gasteiger partial charge in [-0.25, -0.2) is 21.9 Å². The molecule has 1 aromatic rings. The summed E-state index contributed by atoms with van der Waals surface area (Å²) in [4.78, 5) is -0.435. The predicted octanol–water partition coefficient (Wildman–Crippen LogP) is 1.45. The van der Waals surface area contributed by atoms with Gasteiger partial charge in [-0.15, -0.1) is 0 Å². The highest BCUT2D eigenvalue weighted by Gasteiger charge is 2.41. The first-order valence-electron chi connectivity index (χ1n) is 4.67. The van der Waals surface area contributed by atoms with Gasteiger partial charge >= 0.3 is 12.3 Å². The molecule has 0 amide bonds. The molecular weight excluding hydrogens is 276 g/mol. The Morgan fingerprint density at radius 1 is 1.28 bits per heavy atom. The van der Waals surface area contributed by atoms with Gasteiger partial charge in [-0.1, -0.05) is 12.1 Å². The van der Waals surface area contributed by atoms with Crippen LogP contribution in [0.5, 0.6) is 0 Å². The average molecular weight is 286 g/mol. The van der Waals surface area contributed by atoms with E-state index in [-0.39, 0.29) is 5.69 Å². The van der Waals surface area contributed by atoms with Gasteiger partial charge in [0.15, 0.2) is 0 Å². The number of rotatable bonds is 5. The summed E-state index contributed by atoms with van der Waals surface area (Å²) in [6.45, 7) is -1.69. The van der Waals surface area contributed by atoms with Crippen LogP contribution < -0.4 is 10.5 Å². The van der Waals surface area contributed by atoms with Crippen molar-refractivity contribution in [2.45, 2.75) is 17.2 Å². The SMILES string of the molecule is Nc1ccccc1S(=O)(=O)NCC(F)(F)C(F)F. The van der Waals surface area contributed by atoms with Crippen molar-refractivity contribution in [3.8, 4) is 0 Å². The van der Waals surface area contributed by atoms with E-state index in [1.54, 1.807) is 0 Å². The van der Waals surface area contributed by atoms with E-state index < -0.39 is 33.8 Å². The summed E-state index contributed by atoms with van der Waals surface area (Å²) in [6.07, 6.45) is -3.95. The molecule has 0 bridgehead atoms. The molecule has 0 aliphatic carbocycles. The number of anilines is 1. The molecule has 0 aromatic heterocycles. The van der Waals surface area contributed by atoms with Crippen molar-refractivity contribution in [1.29, 1.82) is 0 Å². The summed E-state index contributed by atoms with van der Waals surface area (Å²) in [5.41, 5.74) is 5.19. The Morgan fingerprint density at radius 3 is 2.33 bits per heavy atom. The lowest BCUT2D eigenvalue weighted by molar-refractivity contribution is -0.122. The monoisotopic (exact) mass is 286 g/mol. The van der Waals surface area contributed by atoms with Crippen molar-refractivity contribution < 1.29 is 26.0 Å². The first kappa shape index (κ1) is 14.7. The standard InChI is InChI=1S/C9H10F4N2O2S/c10-8(11)9(12,13)5-15-18(16,17)7-4-2-1-3-6(7)14/h1-4,8,15H,5,14H2. The topological polar surface area (TPSA) is 72.2 Å². The summed E-state index contributed by atoms with van der Waals surface area (Å²) < 4.78 is 73.4. The van der Waals surface area contributed by atoms with E-state index in [2.05, 4.69) is 0 Å². The van der Waals surface area contributed by atoms with Gasteiger partial charge in [-0.3, -0.25) is 0 Å². The summed E-state index contributed by atoms with van der Waals surface area (Å²) in [7, 11) is -4.35. The van der Waals surface area contributed by atoms with E-state index >= 15 is 0 Å². The van der Waals surface area contributed by atoms with E-state index in [0.717, 1.165) is 6.07 Å². The van der Waals surface area contributed by atoms with Crippen molar-refractivity contribution in [3.05, 3.63) is 24.3 Å². The van der Waals surface area contributed by atoms with Crippen molar-refractivity contribution in [3.63, 3.8) is 0 Å². The number of hydrogen-bond acceptors (Lipinski definition) is 3. The molecule has 0 saturated carbocycles. The minimum Gasteiger partial charge on any atom is -0.398 e. The van der Waals surface area contributed by atoms with Crippen LogP contribution in [0.1, 0.15) is 0 Å². The predicted molar refractivity (Wildman–Crippen MR) is 57.0 cm³/mol. The first-order valence-corrected chi connectivity index (χ1v) is 6.15. The second kappa shape index (κ2) is 5.11. The number of alkyl halides is 4. The van der Waals surface area contributed by atoms with Crippen molar-refractivity contribution in [2.75, 3.05) is 12.3 Å². The highest BCUT2D eigenvalue weighted by molar-refractivity contribution is 7.89. The van der Waals surface area contributed by atoms with Crippen molar-refractivity contribution >= 4 is 15.7 Å². The molecule has 0 spiro atoms. The molecule has 18 heavy (non-hydrogen) atoms. The third kappa shape index (κ3) is 3.33. The second-order valence-electron chi connectivity index (χ2n) is 3.42. The lowest BCUT2D eigenvalue weighted by Gasteiger charge is -2.16. The molecule has 1 aromatic carbocycles. The number of sulfonamides is 1. The quantitative estimate of drug-likeness (QED) is 0.635. The smallest absolute Gasteiger partial charge is 0.320 e. The van der Waals surface area contributed by atoms with Crippen LogP contribution in [0.15, 0.2) is 29.2 Å². The fourth-order valence-corrected chi connectivity index (χ4v) is 2.25. The maximum absolute atomic E-state index is 12.6. The molecule has 0 saturated heterocycles. The fourth-order valence-electron chi connectivity index (χ4n) is 1.07. The molecule has 0 aliphatic rings. The number of nitrogens with two attached hydrogens (primary N) is 1.